The maximum Gasteiger partial charge on any atom is 0.232 e. The van der Waals surface area contributed by atoms with Crippen LogP contribution < -0.4 is 19.9 Å². The molecule has 4 rings (SSSR count). The quantitative estimate of drug-likeness (QED) is 0.162. The molecule has 0 bridgehead atoms. The first-order valence-electron chi connectivity index (χ1n) is 13.0. The molecule has 12 nitrogen and oxygen atoms in total. The second-order valence-electron chi connectivity index (χ2n) is 8.80. The molecular weight excluding hydrogens is 566 g/mol. The second kappa shape index (κ2) is 16.3. The van der Waals surface area contributed by atoms with Gasteiger partial charge in [0.05, 0.1) is 83.4 Å². The summed E-state index contributed by atoms with van der Waals surface area (Å²) in [5.74, 6) is 1.69. The first-order chi connectivity index (χ1) is 20.1. The van der Waals surface area contributed by atoms with Crippen LogP contribution in [-0.4, -0.2) is 98.8 Å². The van der Waals surface area contributed by atoms with Gasteiger partial charge in [-0.3, -0.25) is 4.57 Å². The van der Waals surface area contributed by atoms with Crippen LogP contribution in [0.3, 0.4) is 0 Å². The molecule has 3 aromatic rings. The van der Waals surface area contributed by atoms with Crippen LogP contribution in [0.5, 0.6) is 11.6 Å². The van der Waals surface area contributed by atoms with Crippen LogP contribution in [0.25, 0.3) is 5.69 Å². The van der Waals surface area contributed by atoms with Crippen molar-refractivity contribution in [2.75, 3.05) is 77.9 Å². The van der Waals surface area contributed by atoms with Crippen LogP contribution in [0.4, 0.5) is 14.8 Å². The summed E-state index contributed by atoms with van der Waals surface area (Å²) in [4.78, 5) is 6.32. The lowest BCUT2D eigenvalue weighted by Crippen LogP contribution is -2.55. The third-order valence-corrected chi connectivity index (χ3v) is 6.20. The zero-order chi connectivity index (χ0) is 28.9. The molecule has 2 aromatic heterocycles. The number of benzene rings is 1. The fourth-order valence-electron chi connectivity index (χ4n) is 3.86. The summed E-state index contributed by atoms with van der Waals surface area (Å²) < 4.78 is 59.9. The van der Waals surface area contributed by atoms with Gasteiger partial charge in [0, 0.05) is 12.6 Å². The number of methoxy groups -OCH3 is 1. The van der Waals surface area contributed by atoms with Gasteiger partial charge >= 0.3 is 0 Å². The SMILES string of the molecule is COc1ccc(-n2c(COCCOCCOCCOCCNF)nnc2N2CC(Oc3ccc(F)cc3Cl)C2)cn1. The van der Waals surface area contributed by atoms with Gasteiger partial charge in [-0.2, -0.15) is 5.54 Å². The van der Waals surface area contributed by atoms with E-state index in [0.717, 1.165) is 5.69 Å². The molecule has 0 atom stereocenters. The monoisotopic (exact) mass is 598 g/mol. The van der Waals surface area contributed by atoms with Crippen molar-refractivity contribution in [2.45, 2.75) is 12.7 Å². The lowest BCUT2D eigenvalue weighted by molar-refractivity contribution is -0.00535. The number of anilines is 1. The van der Waals surface area contributed by atoms with E-state index in [4.69, 9.17) is 40.0 Å². The molecule has 0 radical (unpaired) electrons. The topological polar surface area (TPSA) is 114 Å². The van der Waals surface area contributed by atoms with Crippen molar-refractivity contribution in [3.8, 4) is 17.3 Å². The van der Waals surface area contributed by atoms with Crippen LogP contribution in [0.1, 0.15) is 5.82 Å². The maximum absolute atomic E-state index is 13.4. The number of aromatic nitrogens is 4. The molecule has 1 aliphatic heterocycles. The molecule has 15 heteroatoms. The van der Waals surface area contributed by atoms with Gasteiger partial charge in [0.15, 0.2) is 5.82 Å². The Morgan fingerprint density at radius 3 is 2.29 bits per heavy atom. The number of halogens is 3. The Morgan fingerprint density at radius 2 is 1.66 bits per heavy atom. The third-order valence-electron chi connectivity index (χ3n) is 5.91. The zero-order valence-electron chi connectivity index (χ0n) is 22.6. The van der Waals surface area contributed by atoms with E-state index in [1.54, 1.807) is 19.4 Å². The van der Waals surface area contributed by atoms with E-state index in [1.165, 1.54) is 23.7 Å². The third kappa shape index (κ3) is 9.18. The Balaban J connectivity index is 1.25. The number of nitrogens with zero attached hydrogens (tertiary/aromatic N) is 5. The smallest absolute Gasteiger partial charge is 0.232 e. The Morgan fingerprint density at radius 1 is 0.951 bits per heavy atom. The lowest BCUT2D eigenvalue weighted by Gasteiger charge is -2.39. The standard InChI is InChI=1S/C26H33ClF2N6O6/c1-36-25-5-3-20(15-30-25)35-24(18-40-13-12-39-11-10-38-9-8-37-7-6-31-29)32-33-26(35)34-16-21(17-34)41-23-4-2-19(28)14-22(23)27/h2-5,14-15,21,31H,6-13,16-18H2,1H3. The highest BCUT2D eigenvalue weighted by Crippen LogP contribution is 2.30. The van der Waals surface area contributed by atoms with Gasteiger partial charge in [-0.25, -0.2) is 9.37 Å². The molecule has 0 amide bonds. The van der Waals surface area contributed by atoms with Crippen molar-refractivity contribution in [1.29, 1.82) is 0 Å². The summed E-state index contributed by atoms with van der Waals surface area (Å²) in [6.45, 7) is 4.07. The van der Waals surface area contributed by atoms with Crippen LogP contribution in [0.15, 0.2) is 36.5 Å². The molecule has 1 aromatic carbocycles. The van der Waals surface area contributed by atoms with Crippen LogP contribution >= 0.6 is 11.6 Å². The van der Waals surface area contributed by atoms with Crippen LogP contribution in [-0.2, 0) is 25.6 Å². The maximum atomic E-state index is 13.4. The highest BCUT2D eigenvalue weighted by Gasteiger charge is 2.33. The summed E-state index contributed by atoms with van der Waals surface area (Å²) >= 11 is 6.10. The molecule has 41 heavy (non-hydrogen) atoms. The Labute approximate surface area is 241 Å². The van der Waals surface area contributed by atoms with E-state index in [1.807, 2.05) is 15.5 Å². The fourth-order valence-corrected chi connectivity index (χ4v) is 4.07. The van der Waals surface area contributed by atoms with E-state index >= 15 is 0 Å². The number of hydrogen-bond donors (Lipinski definition) is 1. The molecule has 0 saturated carbocycles. The highest BCUT2D eigenvalue weighted by atomic mass is 35.5. The van der Waals surface area contributed by atoms with Crippen molar-refractivity contribution >= 4 is 17.5 Å². The summed E-state index contributed by atoms with van der Waals surface area (Å²) in [6.07, 6.45) is 1.52. The average Bonchev–Trinajstić information content (AvgIpc) is 3.37. The largest absolute Gasteiger partial charge is 0.485 e. The zero-order valence-corrected chi connectivity index (χ0v) is 23.4. The molecule has 1 N–H and O–H groups in total. The number of ether oxygens (including phenoxy) is 6. The number of rotatable bonds is 19. The lowest BCUT2D eigenvalue weighted by atomic mass is 10.2. The molecule has 1 aliphatic rings. The van der Waals surface area contributed by atoms with E-state index in [2.05, 4.69) is 15.2 Å². The van der Waals surface area contributed by atoms with Gasteiger partial charge in [0.25, 0.3) is 0 Å². The molecule has 224 valence electrons. The number of hydrogen-bond acceptors (Lipinski definition) is 11. The fraction of sp³-hybridized carbons (Fsp3) is 0.500. The van der Waals surface area contributed by atoms with Crippen molar-refractivity contribution in [3.63, 3.8) is 0 Å². The molecule has 1 saturated heterocycles. The Hall–Kier alpha value is -3.14. The van der Waals surface area contributed by atoms with Crippen molar-refractivity contribution in [1.82, 2.24) is 25.3 Å². The molecule has 1 fully saturated rings. The van der Waals surface area contributed by atoms with E-state index in [9.17, 15) is 8.87 Å². The Bertz CT molecular complexity index is 1200. The molecule has 0 aliphatic carbocycles. The minimum absolute atomic E-state index is 0.149. The first-order valence-corrected chi connectivity index (χ1v) is 13.4. The molecule has 0 unspecified atom stereocenters. The normalized spacial score (nSPS) is 13.4. The number of pyridine rings is 1. The second-order valence-corrected chi connectivity index (χ2v) is 9.21. The summed E-state index contributed by atoms with van der Waals surface area (Å²) in [5.41, 5.74) is 2.26. The highest BCUT2D eigenvalue weighted by molar-refractivity contribution is 6.32. The minimum atomic E-state index is -0.420. The predicted molar refractivity (Wildman–Crippen MR) is 145 cm³/mol. The van der Waals surface area contributed by atoms with Gasteiger partial charge in [-0.05, 0) is 24.3 Å². The first kappa shape index (κ1) is 30.8. The molecular formula is C26H33ClF2N6O6. The van der Waals surface area contributed by atoms with Crippen LogP contribution in [0.2, 0.25) is 5.02 Å². The van der Waals surface area contributed by atoms with Gasteiger partial charge in [0.2, 0.25) is 11.8 Å². The minimum Gasteiger partial charge on any atom is -0.485 e. The summed E-state index contributed by atoms with van der Waals surface area (Å²) in [6, 6.07) is 7.67. The average molecular weight is 599 g/mol. The molecule has 0 spiro atoms. The summed E-state index contributed by atoms with van der Waals surface area (Å²) in [5, 5.41) is 8.97. The number of nitrogens with one attached hydrogen (secondary N) is 1. The van der Waals surface area contributed by atoms with Crippen molar-refractivity contribution in [2.24, 2.45) is 0 Å². The van der Waals surface area contributed by atoms with Gasteiger partial charge in [0.1, 0.15) is 24.3 Å². The van der Waals surface area contributed by atoms with E-state index in [0.29, 0.717) is 76.1 Å². The van der Waals surface area contributed by atoms with Gasteiger partial charge in [-0.1, -0.05) is 11.6 Å². The predicted octanol–water partition coefficient (Wildman–Crippen LogP) is 2.77. The van der Waals surface area contributed by atoms with Gasteiger partial charge < -0.3 is 33.3 Å². The van der Waals surface area contributed by atoms with Crippen molar-refractivity contribution < 1.29 is 37.3 Å². The van der Waals surface area contributed by atoms with Crippen molar-refractivity contribution in [3.05, 3.63) is 53.2 Å². The Kier molecular flexibility index (Phi) is 12.3. The summed E-state index contributed by atoms with van der Waals surface area (Å²) in [7, 11) is 1.55. The van der Waals surface area contributed by atoms with Gasteiger partial charge in [-0.15, -0.1) is 14.7 Å². The van der Waals surface area contributed by atoms with E-state index in [-0.39, 0.29) is 30.9 Å². The molecule has 3 heterocycles. The van der Waals surface area contributed by atoms with Crippen LogP contribution in [0, 0.1) is 5.82 Å². The van der Waals surface area contributed by atoms with E-state index < -0.39 is 5.82 Å².